The second-order valence-corrected chi connectivity index (χ2v) is 8.99. The summed E-state index contributed by atoms with van der Waals surface area (Å²) in [5.74, 6) is -0.199. The molecule has 1 amide bonds. The first kappa shape index (κ1) is 18.2. The molecule has 1 aliphatic carbocycles. The molecule has 0 radical (unpaired) electrons. The molecule has 0 unspecified atom stereocenters. The van der Waals surface area contributed by atoms with Crippen LogP contribution in [0.25, 0.3) is 27.6 Å². The van der Waals surface area contributed by atoms with Crippen LogP contribution in [0.1, 0.15) is 29.0 Å². The molecule has 2 aromatic heterocycles. The predicted octanol–water partition coefficient (Wildman–Crippen LogP) is 5.95. The quantitative estimate of drug-likeness (QED) is 0.417. The van der Waals surface area contributed by atoms with E-state index in [9.17, 15) is 4.79 Å². The molecule has 0 bridgehead atoms. The van der Waals surface area contributed by atoms with Gasteiger partial charge >= 0.3 is 0 Å². The number of hydrogen-bond acceptors (Lipinski definition) is 5. The monoisotopic (exact) mass is 417 g/mol. The topological polar surface area (TPSA) is 54.9 Å². The van der Waals surface area contributed by atoms with Crippen molar-refractivity contribution in [3.63, 3.8) is 0 Å². The first-order valence-corrected chi connectivity index (χ1v) is 11.4. The van der Waals surface area contributed by atoms with E-state index in [4.69, 9.17) is 0 Å². The molecule has 4 nitrogen and oxygen atoms in total. The number of hydrogen-bond donors (Lipinski definition) is 1. The van der Waals surface area contributed by atoms with Crippen LogP contribution in [-0.4, -0.2) is 15.9 Å². The highest BCUT2D eigenvalue weighted by atomic mass is 32.1. The molecular weight excluding hydrogens is 398 g/mol. The maximum Gasteiger partial charge on any atom is 0.250 e. The highest BCUT2D eigenvalue weighted by Gasteiger charge is 2.12. The van der Waals surface area contributed by atoms with Crippen LogP contribution in [0.5, 0.6) is 0 Å². The Balaban J connectivity index is 1.27. The third kappa shape index (κ3) is 3.99. The van der Waals surface area contributed by atoms with Gasteiger partial charge in [0.2, 0.25) is 5.91 Å². The molecule has 0 saturated carbocycles. The third-order valence-corrected chi connectivity index (χ3v) is 6.83. The van der Waals surface area contributed by atoms with E-state index in [1.807, 2.05) is 29.6 Å². The lowest BCUT2D eigenvalue weighted by Gasteiger charge is -2.16. The molecule has 6 heteroatoms. The van der Waals surface area contributed by atoms with Crippen molar-refractivity contribution >= 4 is 50.0 Å². The summed E-state index contributed by atoms with van der Waals surface area (Å²) in [6.07, 6.45) is 8.12. The Morgan fingerprint density at radius 2 is 1.90 bits per heavy atom. The lowest BCUT2D eigenvalue weighted by molar-refractivity contribution is -0.111. The Bertz CT molecular complexity index is 1190. The first-order chi connectivity index (χ1) is 14.2. The van der Waals surface area contributed by atoms with Crippen LogP contribution < -0.4 is 5.32 Å². The number of nitrogens with one attached hydrogen (secondary N) is 1. The average molecular weight is 418 g/mol. The number of carbonyl (C=O) groups excluding carboxylic acids is 1. The number of thiazole rings is 2. The normalized spacial score (nSPS) is 13.7. The molecule has 4 aromatic rings. The zero-order chi connectivity index (χ0) is 19.6. The van der Waals surface area contributed by atoms with Gasteiger partial charge < -0.3 is 0 Å². The van der Waals surface area contributed by atoms with Gasteiger partial charge in [-0.15, -0.1) is 22.7 Å². The number of carbonyl (C=O) groups is 1. The third-order valence-electron chi connectivity index (χ3n) is 5.07. The van der Waals surface area contributed by atoms with Crippen molar-refractivity contribution in [1.29, 1.82) is 0 Å². The predicted molar refractivity (Wildman–Crippen MR) is 121 cm³/mol. The molecule has 2 heterocycles. The van der Waals surface area contributed by atoms with E-state index < -0.39 is 0 Å². The molecule has 1 aliphatic rings. The zero-order valence-electron chi connectivity index (χ0n) is 15.7. The smallest absolute Gasteiger partial charge is 0.250 e. The van der Waals surface area contributed by atoms with E-state index in [2.05, 4.69) is 33.5 Å². The summed E-state index contributed by atoms with van der Waals surface area (Å²) in [6, 6.07) is 14.6. The second kappa shape index (κ2) is 7.89. The maximum atomic E-state index is 12.3. The van der Waals surface area contributed by atoms with Crippen molar-refractivity contribution in [3.05, 3.63) is 70.1 Å². The molecule has 29 heavy (non-hydrogen) atoms. The molecule has 0 aliphatic heterocycles. The van der Waals surface area contributed by atoms with Crippen LogP contribution in [0.3, 0.4) is 0 Å². The Morgan fingerprint density at radius 1 is 1.03 bits per heavy atom. The number of para-hydroxylation sites is 1. The summed E-state index contributed by atoms with van der Waals surface area (Å²) < 4.78 is 1.11. The molecule has 144 valence electrons. The van der Waals surface area contributed by atoms with Crippen LogP contribution in [-0.2, 0) is 17.6 Å². The number of benzene rings is 2. The molecule has 0 spiro atoms. The van der Waals surface area contributed by atoms with Crippen LogP contribution in [0.4, 0.5) is 5.13 Å². The number of amides is 1. The van der Waals surface area contributed by atoms with E-state index in [1.54, 1.807) is 17.4 Å². The highest BCUT2D eigenvalue weighted by molar-refractivity contribution is 7.19. The van der Waals surface area contributed by atoms with Gasteiger partial charge in [0.1, 0.15) is 5.01 Å². The van der Waals surface area contributed by atoms with Crippen molar-refractivity contribution in [2.45, 2.75) is 25.7 Å². The van der Waals surface area contributed by atoms with Crippen molar-refractivity contribution in [1.82, 2.24) is 9.97 Å². The summed E-state index contributed by atoms with van der Waals surface area (Å²) >= 11 is 3.01. The Kier molecular flexibility index (Phi) is 4.96. The molecular formula is C23H19N3OS2. The number of aryl methyl sites for hydroxylation is 2. The van der Waals surface area contributed by atoms with Gasteiger partial charge in [0.25, 0.3) is 0 Å². The first-order valence-electron chi connectivity index (χ1n) is 9.67. The van der Waals surface area contributed by atoms with Crippen molar-refractivity contribution in [2.75, 3.05) is 5.32 Å². The van der Waals surface area contributed by atoms with Gasteiger partial charge in [-0.2, -0.15) is 0 Å². The van der Waals surface area contributed by atoms with Gasteiger partial charge in [0.05, 0.1) is 15.9 Å². The summed E-state index contributed by atoms with van der Waals surface area (Å²) in [6.45, 7) is 0. The van der Waals surface area contributed by atoms with Crippen molar-refractivity contribution in [2.24, 2.45) is 0 Å². The van der Waals surface area contributed by atoms with E-state index >= 15 is 0 Å². The minimum atomic E-state index is -0.199. The number of rotatable bonds is 4. The molecule has 0 fully saturated rings. The minimum absolute atomic E-state index is 0.199. The number of fused-ring (bicyclic) bond motifs is 2. The largest absolute Gasteiger partial charge is 0.298 e. The summed E-state index contributed by atoms with van der Waals surface area (Å²) in [7, 11) is 0. The average Bonchev–Trinajstić information content (AvgIpc) is 3.38. The number of nitrogens with zero attached hydrogens (tertiary/aromatic N) is 2. The van der Waals surface area contributed by atoms with Gasteiger partial charge in [-0.25, -0.2) is 9.97 Å². The zero-order valence-corrected chi connectivity index (χ0v) is 17.4. The summed E-state index contributed by atoms with van der Waals surface area (Å²) in [4.78, 5) is 21.4. The summed E-state index contributed by atoms with van der Waals surface area (Å²) in [5.41, 5.74) is 5.88. The van der Waals surface area contributed by atoms with Crippen molar-refractivity contribution in [3.8, 4) is 11.3 Å². The lowest BCUT2D eigenvalue weighted by Crippen LogP contribution is -2.07. The molecule has 0 atom stereocenters. The highest BCUT2D eigenvalue weighted by Crippen LogP contribution is 2.29. The molecule has 0 saturated heterocycles. The van der Waals surface area contributed by atoms with Gasteiger partial charge in [0, 0.05) is 17.0 Å². The van der Waals surface area contributed by atoms with Crippen LogP contribution in [0, 0.1) is 0 Å². The van der Waals surface area contributed by atoms with Gasteiger partial charge in [0.15, 0.2) is 5.13 Å². The van der Waals surface area contributed by atoms with Gasteiger partial charge in [-0.05, 0) is 61.1 Å². The standard InChI is InChI=1S/C23H19N3OS2/c27-21(11-12-22-24-18-7-3-4-8-20(18)29-22)26-23-25-19(14-28-23)17-10-9-15-5-1-2-6-16(15)13-17/h3-4,7-14H,1-2,5-6H2,(H,25,26,27)/b12-11+. The van der Waals surface area contributed by atoms with E-state index in [0.29, 0.717) is 5.13 Å². The van der Waals surface area contributed by atoms with Gasteiger partial charge in [-0.3, -0.25) is 10.1 Å². The lowest BCUT2D eigenvalue weighted by atomic mass is 9.90. The SMILES string of the molecule is O=C(/C=C/c1nc2ccccc2s1)Nc1nc(-c2ccc3c(c2)CCCC3)cs1. The van der Waals surface area contributed by atoms with Gasteiger partial charge in [-0.1, -0.05) is 24.3 Å². The fourth-order valence-corrected chi connectivity index (χ4v) is 5.20. The summed E-state index contributed by atoms with van der Waals surface area (Å²) in [5, 5.41) is 6.28. The molecule has 1 N–H and O–H groups in total. The Hall–Kier alpha value is -2.83. The second-order valence-electron chi connectivity index (χ2n) is 7.07. The van der Waals surface area contributed by atoms with Crippen molar-refractivity contribution < 1.29 is 4.79 Å². The fourth-order valence-electron chi connectivity index (χ4n) is 3.61. The van der Waals surface area contributed by atoms with Crippen LogP contribution in [0.2, 0.25) is 0 Å². The Labute approximate surface area is 177 Å². The molecule has 2 aromatic carbocycles. The number of anilines is 1. The van der Waals surface area contributed by atoms with Crippen LogP contribution >= 0.6 is 22.7 Å². The van der Waals surface area contributed by atoms with E-state index in [-0.39, 0.29) is 5.91 Å². The maximum absolute atomic E-state index is 12.3. The minimum Gasteiger partial charge on any atom is -0.298 e. The Morgan fingerprint density at radius 3 is 2.79 bits per heavy atom. The van der Waals surface area contributed by atoms with E-state index in [0.717, 1.165) is 32.9 Å². The fraction of sp³-hybridized carbons (Fsp3) is 0.174. The van der Waals surface area contributed by atoms with Crippen LogP contribution in [0.15, 0.2) is 53.9 Å². The molecule has 5 rings (SSSR count). The number of aromatic nitrogens is 2. The van der Waals surface area contributed by atoms with E-state index in [1.165, 1.54) is 47.8 Å².